The predicted octanol–water partition coefficient (Wildman–Crippen LogP) is 5.12. The van der Waals surface area contributed by atoms with Crippen LogP contribution in [0.3, 0.4) is 0 Å². The van der Waals surface area contributed by atoms with Gasteiger partial charge in [0, 0.05) is 32.6 Å². The van der Waals surface area contributed by atoms with Crippen LogP contribution in [0, 0.1) is 0 Å². The first-order valence-corrected chi connectivity index (χ1v) is 16.4. The molecule has 0 unspecified atom stereocenters. The first kappa shape index (κ1) is 32.8. The first-order chi connectivity index (χ1) is 21.7. The van der Waals surface area contributed by atoms with Crippen LogP contribution in [0.5, 0.6) is 17.2 Å². The van der Waals surface area contributed by atoms with Gasteiger partial charge in [-0.1, -0.05) is 51.2 Å². The Labute approximate surface area is 265 Å². The van der Waals surface area contributed by atoms with Gasteiger partial charge in [0.25, 0.3) is 0 Å². The lowest BCUT2D eigenvalue weighted by Crippen LogP contribution is -2.73. The molecule has 3 aliphatic rings. The van der Waals surface area contributed by atoms with Crippen molar-refractivity contribution in [3.8, 4) is 17.2 Å². The summed E-state index contributed by atoms with van der Waals surface area (Å²) < 4.78 is 11.3. The molecule has 2 saturated heterocycles. The van der Waals surface area contributed by atoms with Gasteiger partial charge in [-0.05, 0) is 68.0 Å². The molecule has 1 saturated carbocycles. The number of carbonyl (C=O) groups is 3. The SMILES string of the molecule is CCCCN1C(=O)[C@@H](CC2(O)CCCCCC2)NC(=O)C12CCN(Cc1ccc(Oc3ccc(C(=O)O)cc3OC)cc1)CC2. The van der Waals surface area contributed by atoms with Crippen molar-refractivity contribution in [3.63, 3.8) is 0 Å². The second kappa shape index (κ2) is 14.2. The number of unbranched alkanes of at least 4 members (excludes halogenated alkanes) is 1. The number of methoxy groups -OCH3 is 1. The van der Waals surface area contributed by atoms with E-state index in [1.165, 1.54) is 19.2 Å². The molecule has 244 valence electrons. The summed E-state index contributed by atoms with van der Waals surface area (Å²) in [7, 11) is 1.47. The number of rotatable bonds is 11. The lowest BCUT2D eigenvalue weighted by molar-refractivity contribution is -0.163. The fourth-order valence-electron chi connectivity index (χ4n) is 7.14. The van der Waals surface area contributed by atoms with Gasteiger partial charge >= 0.3 is 5.97 Å². The van der Waals surface area contributed by atoms with E-state index in [9.17, 15) is 24.6 Å². The second-order valence-corrected chi connectivity index (χ2v) is 12.9. The monoisotopic (exact) mass is 621 g/mol. The summed E-state index contributed by atoms with van der Waals surface area (Å²) in [4.78, 5) is 43.2. The molecular weight excluding hydrogens is 574 g/mol. The Morgan fingerprint density at radius 2 is 1.67 bits per heavy atom. The summed E-state index contributed by atoms with van der Waals surface area (Å²) in [5.41, 5.74) is -0.533. The molecule has 45 heavy (non-hydrogen) atoms. The maximum atomic E-state index is 13.9. The number of benzene rings is 2. The highest BCUT2D eigenvalue weighted by Gasteiger charge is 2.54. The van der Waals surface area contributed by atoms with E-state index in [1.54, 1.807) is 6.07 Å². The number of carbonyl (C=O) groups excluding carboxylic acids is 2. The standard InChI is InChI=1S/C35H47N3O7/c1-3-4-19-38-31(39)28(23-34(43)15-7-5-6-8-16-34)36-33(42)35(38)17-20-37(21-18-35)24-25-9-12-27(13-10-25)45-29-14-11-26(32(40)41)22-30(29)44-2/h9-14,22,28,43H,3-8,15-21,23-24H2,1-2H3,(H,36,42)(H,40,41)/t28-/m1/s1. The number of nitrogens with one attached hydrogen (secondary N) is 1. The molecular formula is C35H47N3O7. The third-order valence-corrected chi connectivity index (χ3v) is 9.81. The summed E-state index contributed by atoms with van der Waals surface area (Å²) >= 11 is 0. The number of hydrogen-bond acceptors (Lipinski definition) is 7. The topological polar surface area (TPSA) is 129 Å². The van der Waals surface area contributed by atoms with E-state index < -0.39 is 23.2 Å². The molecule has 3 N–H and O–H groups in total. The normalized spacial score (nSPS) is 21.7. The van der Waals surface area contributed by atoms with Crippen LogP contribution in [0.25, 0.3) is 0 Å². The van der Waals surface area contributed by atoms with Crippen molar-refractivity contribution >= 4 is 17.8 Å². The van der Waals surface area contributed by atoms with Crippen molar-refractivity contribution < 1.29 is 34.1 Å². The van der Waals surface area contributed by atoms with Gasteiger partial charge in [-0.25, -0.2) is 4.79 Å². The van der Waals surface area contributed by atoms with Crippen molar-refractivity contribution in [3.05, 3.63) is 53.6 Å². The largest absolute Gasteiger partial charge is 0.493 e. The molecule has 2 aromatic carbocycles. The number of aromatic carboxylic acids is 1. The van der Waals surface area contributed by atoms with Crippen LogP contribution in [0.15, 0.2) is 42.5 Å². The van der Waals surface area contributed by atoms with Crippen LogP contribution in [-0.2, 0) is 16.1 Å². The van der Waals surface area contributed by atoms with Gasteiger partial charge in [0.05, 0.1) is 18.3 Å². The van der Waals surface area contributed by atoms with Gasteiger partial charge in [-0.15, -0.1) is 0 Å². The van der Waals surface area contributed by atoms with E-state index in [4.69, 9.17) is 9.47 Å². The minimum absolute atomic E-state index is 0.0426. The molecule has 2 aromatic rings. The lowest BCUT2D eigenvalue weighted by Gasteiger charge is -2.52. The van der Waals surface area contributed by atoms with E-state index >= 15 is 0 Å². The maximum Gasteiger partial charge on any atom is 0.335 e. The molecule has 0 aromatic heterocycles. The highest BCUT2D eigenvalue weighted by molar-refractivity contribution is 6.00. The Kier molecular flexibility index (Phi) is 10.3. The molecule has 2 amide bonds. The van der Waals surface area contributed by atoms with Crippen LogP contribution in [0.1, 0.15) is 93.5 Å². The average molecular weight is 622 g/mol. The quantitative estimate of drug-likeness (QED) is 0.295. The smallest absolute Gasteiger partial charge is 0.335 e. The van der Waals surface area contributed by atoms with Crippen molar-refractivity contribution in [2.75, 3.05) is 26.7 Å². The Morgan fingerprint density at radius 3 is 2.29 bits per heavy atom. The molecule has 1 aliphatic carbocycles. The lowest BCUT2D eigenvalue weighted by atomic mass is 9.79. The number of piperidine rings is 1. The first-order valence-electron chi connectivity index (χ1n) is 16.4. The zero-order valence-corrected chi connectivity index (χ0v) is 26.6. The zero-order valence-electron chi connectivity index (χ0n) is 26.6. The number of aliphatic hydroxyl groups is 1. The third kappa shape index (κ3) is 7.44. The molecule has 10 heteroatoms. The third-order valence-electron chi connectivity index (χ3n) is 9.81. The van der Waals surface area contributed by atoms with Crippen molar-refractivity contribution in [1.29, 1.82) is 0 Å². The number of amides is 2. The number of carboxylic acid groups (broad SMARTS) is 1. The van der Waals surface area contributed by atoms with Crippen molar-refractivity contribution in [1.82, 2.24) is 15.1 Å². The van der Waals surface area contributed by atoms with Gasteiger partial charge in [0.1, 0.15) is 17.3 Å². The van der Waals surface area contributed by atoms with E-state index in [-0.39, 0.29) is 17.4 Å². The highest BCUT2D eigenvalue weighted by Crippen LogP contribution is 2.38. The van der Waals surface area contributed by atoms with E-state index in [2.05, 4.69) is 17.1 Å². The molecule has 3 fully saturated rings. The summed E-state index contributed by atoms with van der Waals surface area (Å²) in [6, 6.07) is 11.5. The number of ether oxygens (including phenoxy) is 2. The van der Waals surface area contributed by atoms with Gasteiger partial charge in [0.15, 0.2) is 11.5 Å². The van der Waals surface area contributed by atoms with E-state index in [1.807, 2.05) is 29.2 Å². The van der Waals surface area contributed by atoms with E-state index in [0.717, 1.165) is 44.1 Å². The average Bonchev–Trinajstić information content (AvgIpc) is 3.26. The Balaban J connectivity index is 1.21. The van der Waals surface area contributed by atoms with Crippen LogP contribution in [0.2, 0.25) is 0 Å². The molecule has 0 bridgehead atoms. The molecule has 1 spiro atoms. The molecule has 2 aliphatic heterocycles. The summed E-state index contributed by atoms with van der Waals surface area (Å²) in [5, 5.41) is 23.6. The fraction of sp³-hybridized carbons (Fsp3) is 0.571. The number of nitrogens with zero attached hydrogens (tertiary/aromatic N) is 2. The second-order valence-electron chi connectivity index (χ2n) is 12.9. The molecule has 1 atom stereocenters. The zero-order chi connectivity index (χ0) is 32.0. The minimum atomic E-state index is -1.04. The fourth-order valence-corrected chi connectivity index (χ4v) is 7.14. The number of likely N-dealkylation sites (tertiary alicyclic amines) is 1. The predicted molar refractivity (Wildman–Crippen MR) is 170 cm³/mol. The van der Waals surface area contributed by atoms with Crippen LogP contribution in [0.4, 0.5) is 0 Å². The van der Waals surface area contributed by atoms with Crippen LogP contribution >= 0.6 is 0 Å². The van der Waals surface area contributed by atoms with E-state index in [0.29, 0.717) is 75.5 Å². The molecule has 0 radical (unpaired) electrons. The molecule has 2 heterocycles. The number of hydrogen-bond donors (Lipinski definition) is 3. The maximum absolute atomic E-state index is 13.9. The van der Waals surface area contributed by atoms with Gasteiger partial charge < -0.3 is 29.9 Å². The minimum Gasteiger partial charge on any atom is -0.493 e. The number of carboxylic acids is 1. The molecule has 10 nitrogen and oxygen atoms in total. The Hall–Kier alpha value is -3.63. The van der Waals surface area contributed by atoms with Crippen LogP contribution in [-0.4, -0.2) is 81.7 Å². The van der Waals surface area contributed by atoms with Crippen molar-refractivity contribution in [2.45, 2.75) is 101 Å². The Morgan fingerprint density at radius 1 is 0.978 bits per heavy atom. The summed E-state index contributed by atoms with van der Waals surface area (Å²) in [5.74, 6) is 0.212. The van der Waals surface area contributed by atoms with Gasteiger partial charge in [-0.3, -0.25) is 14.5 Å². The molecule has 5 rings (SSSR count). The van der Waals surface area contributed by atoms with Gasteiger partial charge in [-0.2, -0.15) is 0 Å². The summed E-state index contributed by atoms with van der Waals surface area (Å²) in [6.45, 7) is 4.72. The van der Waals surface area contributed by atoms with Crippen LogP contribution < -0.4 is 14.8 Å². The Bertz CT molecular complexity index is 1350. The highest BCUT2D eigenvalue weighted by atomic mass is 16.5. The van der Waals surface area contributed by atoms with Crippen molar-refractivity contribution in [2.24, 2.45) is 0 Å². The number of piperazine rings is 1. The van der Waals surface area contributed by atoms with Gasteiger partial charge in [0.2, 0.25) is 11.8 Å². The summed E-state index contributed by atoms with van der Waals surface area (Å²) in [6.07, 6.45) is 8.69.